The van der Waals surface area contributed by atoms with Gasteiger partial charge in [-0.3, -0.25) is 9.59 Å². The van der Waals surface area contributed by atoms with Gasteiger partial charge >= 0.3 is 0 Å². The molecule has 0 unspecified atom stereocenters. The van der Waals surface area contributed by atoms with Crippen LogP contribution in [0.2, 0.25) is 0 Å². The van der Waals surface area contributed by atoms with Crippen LogP contribution >= 0.6 is 0 Å². The molecule has 3 aromatic carbocycles. The molecule has 1 N–H and O–H groups in total. The summed E-state index contributed by atoms with van der Waals surface area (Å²) in [7, 11) is -3.53. The van der Waals surface area contributed by atoms with Crippen LogP contribution in [0.3, 0.4) is 0 Å². The van der Waals surface area contributed by atoms with Crippen LogP contribution < -0.4 is 15.0 Å². The number of nitrogens with zero attached hydrogens (tertiary/aromatic N) is 2. The fourth-order valence-corrected chi connectivity index (χ4v) is 5.89. The highest BCUT2D eigenvalue weighted by molar-refractivity contribution is 7.89. The van der Waals surface area contributed by atoms with Gasteiger partial charge in [-0.25, -0.2) is 8.42 Å². The molecule has 8 nitrogen and oxygen atoms in total. The summed E-state index contributed by atoms with van der Waals surface area (Å²) in [6.07, 6.45) is -0.189. The molecule has 0 aliphatic carbocycles. The second kappa shape index (κ2) is 12.2. The van der Waals surface area contributed by atoms with E-state index in [0.29, 0.717) is 37.5 Å². The highest BCUT2D eigenvalue weighted by atomic mass is 32.2. The number of ether oxygens (including phenoxy) is 1. The van der Waals surface area contributed by atoms with Crippen LogP contribution in [0.1, 0.15) is 31.4 Å². The Hall–Kier alpha value is -3.69. The standard InChI is InChI=1S/C29H33N3O5S/c1-3-31(4-2)38(35,36)24-17-14-22(15-18-24)16-19-28(33)32-21-27(37-26-13-9-8-12-25(26)32)29(34)30-20-23-10-6-5-7-11-23/h5-15,17-18,27H,3-4,16,19-21H2,1-2H3,(H,30,34)/t27-/m0/s1. The quantitative estimate of drug-likeness (QED) is 0.427. The molecule has 200 valence electrons. The van der Waals surface area contributed by atoms with Crippen molar-refractivity contribution in [3.05, 3.63) is 90.0 Å². The first-order chi connectivity index (χ1) is 18.3. The van der Waals surface area contributed by atoms with Gasteiger partial charge < -0.3 is 15.0 Å². The van der Waals surface area contributed by atoms with Crippen LogP contribution in [-0.2, 0) is 32.6 Å². The van der Waals surface area contributed by atoms with Crippen LogP contribution in [-0.4, -0.2) is 50.3 Å². The Morgan fingerprint density at radius 3 is 2.26 bits per heavy atom. The van der Waals surface area contributed by atoms with Crippen LogP contribution in [0.25, 0.3) is 0 Å². The summed E-state index contributed by atoms with van der Waals surface area (Å²) in [5.74, 6) is 0.0607. The van der Waals surface area contributed by atoms with Crippen molar-refractivity contribution in [2.24, 2.45) is 0 Å². The van der Waals surface area contributed by atoms with Gasteiger partial charge in [0.2, 0.25) is 15.9 Å². The largest absolute Gasteiger partial charge is 0.477 e. The van der Waals surface area contributed by atoms with Crippen LogP contribution in [0.4, 0.5) is 5.69 Å². The molecule has 38 heavy (non-hydrogen) atoms. The van der Waals surface area contributed by atoms with Gasteiger partial charge in [0.25, 0.3) is 5.91 Å². The van der Waals surface area contributed by atoms with Crippen molar-refractivity contribution in [1.29, 1.82) is 0 Å². The number of aryl methyl sites for hydroxylation is 1. The summed E-state index contributed by atoms with van der Waals surface area (Å²) in [6.45, 7) is 4.90. The maximum Gasteiger partial charge on any atom is 0.263 e. The molecule has 3 aromatic rings. The smallest absolute Gasteiger partial charge is 0.263 e. The Kier molecular flexibility index (Phi) is 8.81. The predicted molar refractivity (Wildman–Crippen MR) is 146 cm³/mol. The van der Waals surface area contributed by atoms with Gasteiger partial charge in [0.15, 0.2) is 6.10 Å². The minimum Gasteiger partial charge on any atom is -0.477 e. The fourth-order valence-electron chi connectivity index (χ4n) is 4.43. The number of rotatable bonds is 10. The molecule has 1 aliphatic rings. The minimum atomic E-state index is -3.53. The van der Waals surface area contributed by atoms with Crippen molar-refractivity contribution in [2.75, 3.05) is 24.5 Å². The number of para-hydroxylation sites is 2. The van der Waals surface area contributed by atoms with Gasteiger partial charge in [0, 0.05) is 26.1 Å². The van der Waals surface area contributed by atoms with Gasteiger partial charge in [-0.2, -0.15) is 4.31 Å². The van der Waals surface area contributed by atoms with Crippen LogP contribution in [0.5, 0.6) is 5.75 Å². The molecular weight excluding hydrogens is 502 g/mol. The van der Waals surface area contributed by atoms with Crippen molar-refractivity contribution < 1.29 is 22.7 Å². The lowest BCUT2D eigenvalue weighted by atomic mass is 10.1. The molecule has 0 saturated carbocycles. The Labute approximate surface area is 224 Å². The number of anilines is 1. The SMILES string of the molecule is CCN(CC)S(=O)(=O)c1ccc(CCC(=O)N2C[C@@H](C(=O)NCc3ccccc3)Oc3ccccc32)cc1. The first-order valence-corrected chi connectivity index (χ1v) is 14.2. The van der Waals surface area contributed by atoms with E-state index in [-0.39, 0.29) is 29.7 Å². The van der Waals surface area contributed by atoms with Crippen molar-refractivity contribution in [3.63, 3.8) is 0 Å². The minimum absolute atomic E-state index is 0.109. The first kappa shape index (κ1) is 27.3. The number of hydrogen-bond acceptors (Lipinski definition) is 5. The first-order valence-electron chi connectivity index (χ1n) is 12.8. The van der Waals surface area contributed by atoms with Gasteiger partial charge in [0.05, 0.1) is 17.1 Å². The molecule has 1 aliphatic heterocycles. The maximum atomic E-state index is 13.3. The molecular formula is C29H33N3O5S. The number of carbonyl (C=O) groups is 2. The molecule has 0 fully saturated rings. The van der Waals surface area contributed by atoms with E-state index in [0.717, 1.165) is 11.1 Å². The second-order valence-electron chi connectivity index (χ2n) is 9.02. The normalized spacial score (nSPS) is 15.0. The lowest BCUT2D eigenvalue weighted by Gasteiger charge is -2.34. The molecule has 0 bridgehead atoms. The van der Waals surface area contributed by atoms with E-state index in [1.54, 1.807) is 47.4 Å². The average molecular weight is 536 g/mol. The van der Waals surface area contributed by atoms with Gasteiger partial charge in [-0.15, -0.1) is 0 Å². The van der Waals surface area contributed by atoms with E-state index in [1.807, 2.05) is 50.2 Å². The predicted octanol–water partition coefficient (Wildman–Crippen LogP) is 3.76. The number of nitrogens with one attached hydrogen (secondary N) is 1. The Morgan fingerprint density at radius 1 is 0.921 bits per heavy atom. The molecule has 4 rings (SSSR count). The molecule has 9 heteroatoms. The van der Waals surface area contributed by atoms with Crippen molar-refractivity contribution >= 4 is 27.5 Å². The van der Waals surface area contributed by atoms with E-state index in [4.69, 9.17) is 4.74 Å². The summed E-state index contributed by atoms with van der Waals surface area (Å²) < 4.78 is 32.8. The summed E-state index contributed by atoms with van der Waals surface area (Å²) in [5, 5.41) is 2.90. The number of fused-ring (bicyclic) bond motifs is 1. The van der Waals surface area contributed by atoms with Gasteiger partial charge in [-0.1, -0.05) is 68.4 Å². The van der Waals surface area contributed by atoms with Crippen molar-refractivity contribution in [3.8, 4) is 5.75 Å². The van der Waals surface area contributed by atoms with Crippen LogP contribution in [0.15, 0.2) is 83.8 Å². The summed E-state index contributed by atoms with van der Waals surface area (Å²) >= 11 is 0. The van der Waals surface area contributed by atoms with E-state index in [9.17, 15) is 18.0 Å². The lowest BCUT2D eigenvalue weighted by Crippen LogP contribution is -2.50. The van der Waals surface area contributed by atoms with Gasteiger partial charge in [-0.05, 0) is 41.8 Å². The lowest BCUT2D eigenvalue weighted by molar-refractivity contribution is -0.128. The number of amides is 2. The third-order valence-electron chi connectivity index (χ3n) is 6.57. The van der Waals surface area contributed by atoms with E-state index >= 15 is 0 Å². The third kappa shape index (κ3) is 6.23. The summed E-state index contributed by atoms with van der Waals surface area (Å²) in [5.41, 5.74) is 2.46. The molecule has 0 saturated heterocycles. The van der Waals surface area contributed by atoms with E-state index < -0.39 is 16.1 Å². The van der Waals surface area contributed by atoms with Gasteiger partial charge in [0.1, 0.15) is 5.75 Å². The Balaban J connectivity index is 1.41. The molecule has 2 amide bonds. The highest BCUT2D eigenvalue weighted by Crippen LogP contribution is 2.33. The molecule has 0 radical (unpaired) electrons. The van der Waals surface area contributed by atoms with Crippen LogP contribution in [0, 0.1) is 0 Å². The molecule has 1 heterocycles. The second-order valence-corrected chi connectivity index (χ2v) is 11.0. The highest BCUT2D eigenvalue weighted by Gasteiger charge is 2.33. The summed E-state index contributed by atoms with van der Waals surface area (Å²) in [6, 6.07) is 23.4. The Bertz CT molecular complexity index is 1360. The molecule has 1 atom stereocenters. The number of sulfonamides is 1. The van der Waals surface area contributed by atoms with E-state index in [1.165, 1.54) is 4.31 Å². The summed E-state index contributed by atoms with van der Waals surface area (Å²) in [4.78, 5) is 28.1. The zero-order valence-corrected chi connectivity index (χ0v) is 22.5. The number of benzene rings is 3. The van der Waals surface area contributed by atoms with Crippen molar-refractivity contribution in [1.82, 2.24) is 9.62 Å². The number of carbonyl (C=O) groups excluding carboxylic acids is 2. The fraction of sp³-hybridized carbons (Fsp3) is 0.310. The Morgan fingerprint density at radius 2 is 1.58 bits per heavy atom. The van der Waals surface area contributed by atoms with E-state index in [2.05, 4.69) is 5.32 Å². The maximum absolute atomic E-state index is 13.3. The zero-order valence-electron chi connectivity index (χ0n) is 21.7. The third-order valence-corrected chi connectivity index (χ3v) is 8.63. The monoisotopic (exact) mass is 535 g/mol. The molecule has 0 spiro atoms. The molecule has 0 aromatic heterocycles. The van der Waals surface area contributed by atoms with Crippen molar-refractivity contribution in [2.45, 2.75) is 44.2 Å². The number of hydrogen-bond donors (Lipinski definition) is 1. The topological polar surface area (TPSA) is 96.0 Å². The zero-order chi connectivity index (χ0) is 27.1. The average Bonchev–Trinajstić information content (AvgIpc) is 2.95.